The van der Waals surface area contributed by atoms with E-state index in [9.17, 15) is 4.39 Å². The standard InChI is InChI=1S/C15H17FN4.C11H24/c1-19-6-8-20(9-7-19)14-4-2-12(3-5-14)15-17-10-13(16)11-18-15;1-3-5-7-9-11-10-8-6-4-2/h2-5,10-11H,6-9H2,1H3;3-11H2,1-2H3. The third kappa shape index (κ3) is 9.77. The van der Waals surface area contributed by atoms with Crippen LogP contribution in [0.1, 0.15) is 71.6 Å². The molecule has 1 saturated heterocycles. The summed E-state index contributed by atoms with van der Waals surface area (Å²) in [5.74, 6) is 0.138. The molecule has 0 amide bonds. The predicted octanol–water partition coefficient (Wildman–Crippen LogP) is 6.57. The summed E-state index contributed by atoms with van der Waals surface area (Å²) in [4.78, 5) is 12.7. The molecule has 4 nitrogen and oxygen atoms in total. The van der Waals surface area contributed by atoms with Crippen molar-refractivity contribution >= 4 is 5.69 Å². The van der Waals surface area contributed by atoms with Crippen LogP contribution in [0.25, 0.3) is 11.4 Å². The number of hydrogen-bond acceptors (Lipinski definition) is 4. The summed E-state index contributed by atoms with van der Waals surface area (Å²) in [5.41, 5.74) is 2.12. The SMILES string of the molecule is CCCCCCCCCCC.CN1CCN(c2ccc(-c3ncc(F)cn3)cc2)CC1. The van der Waals surface area contributed by atoms with E-state index >= 15 is 0 Å². The van der Waals surface area contributed by atoms with Crippen molar-refractivity contribution in [1.82, 2.24) is 14.9 Å². The fraction of sp³-hybridized carbons (Fsp3) is 0.615. The molecule has 172 valence electrons. The molecule has 0 unspecified atom stereocenters. The van der Waals surface area contributed by atoms with Gasteiger partial charge in [0, 0.05) is 37.4 Å². The second-order valence-electron chi connectivity index (χ2n) is 8.54. The predicted molar refractivity (Wildman–Crippen MR) is 130 cm³/mol. The highest BCUT2D eigenvalue weighted by Gasteiger charge is 2.14. The largest absolute Gasteiger partial charge is 0.369 e. The van der Waals surface area contributed by atoms with Crippen LogP contribution < -0.4 is 4.90 Å². The third-order valence-corrected chi connectivity index (χ3v) is 5.82. The number of nitrogens with zero attached hydrogens (tertiary/aromatic N) is 4. The van der Waals surface area contributed by atoms with Crippen LogP contribution in [-0.4, -0.2) is 48.1 Å². The molecule has 0 N–H and O–H groups in total. The summed E-state index contributed by atoms with van der Waals surface area (Å²) < 4.78 is 12.8. The van der Waals surface area contributed by atoms with Crippen molar-refractivity contribution in [1.29, 1.82) is 0 Å². The van der Waals surface area contributed by atoms with E-state index in [1.807, 2.05) is 12.1 Å². The summed E-state index contributed by atoms with van der Waals surface area (Å²) in [6, 6.07) is 8.13. The molecule has 1 aliphatic rings. The van der Waals surface area contributed by atoms with Crippen molar-refractivity contribution < 1.29 is 4.39 Å². The lowest BCUT2D eigenvalue weighted by molar-refractivity contribution is 0.313. The van der Waals surface area contributed by atoms with Crippen molar-refractivity contribution in [3.8, 4) is 11.4 Å². The zero-order chi connectivity index (χ0) is 22.3. The van der Waals surface area contributed by atoms with Crippen LogP contribution in [0.2, 0.25) is 0 Å². The molecule has 1 aromatic heterocycles. The number of likely N-dealkylation sites (N-methyl/N-ethyl adjacent to an activating group) is 1. The lowest BCUT2D eigenvalue weighted by Crippen LogP contribution is -2.44. The number of piperazine rings is 1. The van der Waals surface area contributed by atoms with Crippen LogP contribution >= 0.6 is 0 Å². The van der Waals surface area contributed by atoms with E-state index in [1.54, 1.807) is 0 Å². The molecule has 5 heteroatoms. The molecule has 2 heterocycles. The van der Waals surface area contributed by atoms with E-state index in [0.717, 1.165) is 31.7 Å². The van der Waals surface area contributed by atoms with Crippen molar-refractivity contribution in [2.45, 2.75) is 71.6 Å². The van der Waals surface area contributed by atoms with Crippen LogP contribution in [0.3, 0.4) is 0 Å². The molecular formula is C26H41FN4. The Morgan fingerprint density at radius 3 is 1.71 bits per heavy atom. The van der Waals surface area contributed by atoms with Crippen molar-refractivity contribution in [2.75, 3.05) is 38.1 Å². The Morgan fingerprint density at radius 1 is 0.742 bits per heavy atom. The second-order valence-corrected chi connectivity index (χ2v) is 8.54. The number of benzene rings is 1. The van der Waals surface area contributed by atoms with E-state index in [1.165, 1.54) is 75.9 Å². The molecule has 0 atom stereocenters. The van der Waals surface area contributed by atoms with Crippen LogP contribution in [0.5, 0.6) is 0 Å². The molecule has 1 aliphatic heterocycles. The molecular weight excluding hydrogens is 387 g/mol. The molecule has 3 rings (SSSR count). The van der Waals surface area contributed by atoms with Gasteiger partial charge >= 0.3 is 0 Å². The summed E-state index contributed by atoms with van der Waals surface area (Å²) in [5, 5.41) is 0. The number of aromatic nitrogens is 2. The smallest absolute Gasteiger partial charge is 0.159 e. The van der Waals surface area contributed by atoms with Gasteiger partial charge in [0.1, 0.15) is 0 Å². The molecule has 0 radical (unpaired) electrons. The molecule has 1 fully saturated rings. The maximum absolute atomic E-state index is 12.8. The maximum Gasteiger partial charge on any atom is 0.159 e. The van der Waals surface area contributed by atoms with E-state index in [2.05, 4.69) is 52.8 Å². The first-order chi connectivity index (χ1) is 15.1. The lowest BCUT2D eigenvalue weighted by Gasteiger charge is -2.34. The Balaban J connectivity index is 0.000000267. The van der Waals surface area contributed by atoms with E-state index in [4.69, 9.17) is 0 Å². The van der Waals surface area contributed by atoms with Gasteiger partial charge in [-0.2, -0.15) is 0 Å². The van der Waals surface area contributed by atoms with Crippen molar-refractivity contribution in [2.24, 2.45) is 0 Å². The highest BCUT2D eigenvalue weighted by atomic mass is 19.1. The monoisotopic (exact) mass is 428 g/mol. The Kier molecular flexibility index (Phi) is 12.1. The third-order valence-electron chi connectivity index (χ3n) is 5.82. The van der Waals surface area contributed by atoms with E-state index in [-0.39, 0.29) is 0 Å². The number of unbranched alkanes of at least 4 members (excludes halogenated alkanes) is 8. The summed E-state index contributed by atoms with van der Waals surface area (Å²) >= 11 is 0. The van der Waals surface area contributed by atoms with Gasteiger partial charge in [-0.05, 0) is 31.3 Å². The Bertz CT molecular complexity index is 686. The second kappa shape index (κ2) is 14.9. The zero-order valence-electron chi connectivity index (χ0n) is 19.8. The zero-order valence-corrected chi connectivity index (χ0v) is 19.8. The minimum atomic E-state index is -0.414. The summed E-state index contributed by atoms with van der Waals surface area (Å²) in [6.45, 7) is 8.81. The molecule has 0 aliphatic carbocycles. The maximum atomic E-state index is 12.8. The molecule has 1 aromatic carbocycles. The normalized spacial score (nSPS) is 14.3. The van der Waals surface area contributed by atoms with Gasteiger partial charge in [0.25, 0.3) is 0 Å². The van der Waals surface area contributed by atoms with Crippen LogP contribution in [0.15, 0.2) is 36.7 Å². The van der Waals surface area contributed by atoms with Crippen molar-refractivity contribution in [3.63, 3.8) is 0 Å². The highest BCUT2D eigenvalue weighted by Crippen LogP contribution is 2.21. The van der Waals surface area contributed by atoms with Gasteiger partial charge in [-0.15, -0.1) is 0 Å². The number of anilines is 1. The average molecular weight is 429 g/mol. The van der Waals surface area contributed by atoms with Crippen LogP contribution in [0, 0.1) is 5.82 Å². The Labute approximate surface area is 188 Å². The molecule has 0 saturated carbocycles. The fourth-order valence-corrected chi connectivity index (χ4v) is 3.73. The van der Waals surface area contributed by atoms with Gasteiger partial charge in [-0.1, -0.05) is 71.6 Å². The number of rotatable bonds is 10. The average Bonchev–Trinajstić information content (AvgIpc) is 2.80. The number of halogens is 1. The summed E-state index contributed by atoms with van der Waals surface area (Å²) in [6.07, 6.45) is 15.3. The fourth-order valence-electron chi connectivity index (χ4n) is 3.73. The molecule has 0 spiro atoms. The quantitative estimate of drug-likeness (QED) is 0.401. The summed E-state index contributed by atoms with van der Waals surface area (Å²) in [7, 11) is 2.15. The van der Waals surface area contributed by atoms with Gasteiger partial charge in [-0.3, -0.25) is 0 Å². The Morgan fingerprint density at radius 2 is 1.23 bits per heavy atom. The first-order valence-electron chi connectivity index (χ1n) is 12.2. The van der Waals surface area contributed by atoms with Gasteiger partial charge in [0.2, 0.25) is 0 Å². The van der Waals surface area contributed by atoms with Crippen LogP contribution in [-0.2, 0) is 0 Å². The first-order valence-corrected chi connectivity index (χ1v) is 12.2. The highest BCUT2D eigenvalue weighted by molar-refractivity contribution is 5.60. The molecule has 2 aromatic rings. The Hall–Kier alpha value is -2.01. The van der Waals surface area contributed by atoms with Gasteiger partial charge in [0.15, 0.2) is 11.6 Å². The van der Waals surface area contributed by atoms with Gasteiger partial charge in [-0.25, -0.2) is 14.4 Å². The number of hydrogen-bond donors (Lipinski definition) is 0. The van der Waals surface area contributed by atoms with Crippen molar-refractivity contribution in [3.05, 3.63) is 42.5 Å². The topological polar surface area (TPSA) is 32.3 Å². The van der Waals surface area contributed by atoms with Crippen LogP contribution in [0.4, 0.5) is 10.1 Å². The molecule has 0 bridgehead atoms. The lowest BCUT2D eigenvalue weighted by atomic mass is 10.1. The minimum absolute atomic E-state index is 0.414. The molecule has 31 heavy (non-hydrogen) atoms. The van der Waals surface area contributed by atoms with E-state index < -0.39 is 5.82 Å². The first kappa shape index (κ1) is 25.3. The minimum Gasteiger partial charge on any atom is -0.369 e. The van der Waals surface area contributed by atoms with Gasteiger partial charge < -0.3 is 9.80 Å². The van der Waals surface area contributed by atoms with E-state index in [0.29, 0.717) is 5.82 Å². The van der Waals surface area contributed by atoms with Gasteiger partial charge in [0.05, 0.1) is 12.4 Å².